The van der Waals surface area contributed by atoms with Crippen LogP contribution in [0.2, 0.25) is 0 Å². The molecule has 0 aromatic carbocycles. The predicted octanol–water partition coefficient (Wildman–Crippen LogP) is 2.67. The van der Waals surface area contributed by atoms with E-state index in [4.69, 9.17) is 5.26 Å². The first-order chi connectivity index (χ1) is 5.24. The molecule has 1 aliphatic rings. The van der Waals surface area contributed by atoms with E-state index >= 15 is 0 Å². The average Bonchev–Trinajstić information content (AvgIpc) is 2.11. The zero-order valence-corrected chi connectivity index (χ0v) is 6.89. The fourth-order valence-electron chi connectivity index (χ4n) is 1.68. The van der Waals surface area contributed by atoms with Gasteiger partial charge in [0.15, 0.2) is 0 Å². The maximum absolute atomic E-state index is 13.1. The first-order valence-electron chi connectivity index (χ1n) is 4.27. The van der Waals surface area contributed by atoms with Gasteiger partial charge in [-0.25, -0.2) is 4.39 Å². The van der Waals surface area contributed by atoms with Gasteiger partial charge in [0.1, 0.15) is 6.17 Å². The third-order valence-electron chi connectivity index (χ3n) is 2.44. The Morgan fingerprint density at radius 2 is 2.18 bits per heavy atom. The topological polar surface area (TPSA) is 23.8 Å². The van der Waals surface area contributed by atoms with Crippen molar-refractivity contribution in [2.24, 2.45) is 11.8 Å². The second kappa shape index (κ2) is 3.71. The molecule has 3 unspecified atom stereocenters. The Hall–Kier alpha value is -0.580. The van der Waals surface area contributed by atoms with Crippen molar-refractivity contribution >= 4 is 0 Å². The molecule has 0 radical (unpaired) electrons. The Balaban J connectivity index is 2.52. The molecule has 0 aliphatic heterocycles. The normalized spacial score (nSPS) is 39.2. The van der Waals surface area contributed by atoms with Gasteiger partial charge in [0.25, 0.3) is 0 Å². The highest BCUT2D eigenvalue weighted by atomic mass is 19.1. The van der Waals surface area contributed by atoms with Gasteiger partial charge in [-0.2, -0.15) is 5.26 Å². The molecular formula is C9H14FN. The quantitative estimate of drug-likeness (QED) is 0.493. The largest absolute Gasteiger partial charge is 0.246 e. The molecule has 3 atom stereocenters. The van der Waals surface area contributed by atoms with Gasteiger partial charge in [-0.05, 0) is 18.8 Å². The molecule has 1 saturated carbocycles. The van der Waals surface area contributed by atoms with E-state index in [1.165, 1.54) is 0 Å². The van der Waals surface area contributed by atoms with Gasteiger partial charge in [0.05, 0.1) is 12.0 Å². The third kappa shape index (κ3) is 2.18. The van der Waals surface area contributed by atoms with Crippen LogP contribution in [0, 0.1) is 23.2 Å². The number of halogens is 1. The number of hydrogen-bond donors (Lipinski definition) is 0. The molecule has 1 nitrogen and oxygen atoms in total. The van der Waals surface area contributed by atoms with Gasteiger partial charge in [-0.1, -0.05) is 19.8 Å². The van der Waals surface area contributed by atoms with E-state index in [1.807, 2.05) is 6.07 Å². The highest BCUT2D eigenvalue weighted by Crippen LogP contribution is 2.28. The Morgan fingerprint density at radius 3 is 2.82 bits per heavy atom. The molecular weight excluding hydrogens is 141 g/mol. The van der Waals surface area contributed by atoms with Gasteiger partial charge >= 0.3 is 0 Å². The average molecular weight is 155 g/mol. The summed E-state index contributed by atoms with van der Waals surface area (Å²) in [5.74, 6) is 0.128. The van der Waals surface area contributed by atoms with Crippen LogP contribution in [0.3, 0.4) is 0 Å². The molecule has 11 heavy (non-hydrogen) atoms. The fourth-order valence-corrected chi connectivity index (χ4v) is 1.68. The van der Waals surface area contributed by atoms with Crippen molar-refractivity contribution in [3.63, 3.8) is 0 Å². The van der Waals surface area contributed by atoms with E-state index in [0.29, 0.717) is 12.3 Å². The standard InChI is InChI=1S/C9H14FN/c1-7-3-2-4-8(6-11)9(10)5-7/h7-9H,2-5H2,1H3. The zero-order valence-electron chi connectivity index (χ0n) is 6.89. The predicted molar refractivity (Wildman–Crippen MR) is 41.6 cm³/mol. The molecule has 1 rings (SSSR count). The minimum atomic E-state index is -0.877. The molecule has 62 valence electrons. The number of nitriles is 1. The van der Waals surface area contributed by atoms with Crippen LogP contribution in [-0.2, 0) is 0 Å². The van der Waals surface area contributed by atoms with Crippen LogP contribution in [0.4, 0.5) is 4.39 Å². The van der Waals surface area contributed by atoms with Gasteiger partial charge in [-0.15, -0.1) is 0 Å². The minimum Gasteiger partial charge on any atom is -0.246 e. The summed E-state index contributed by atoms with van der Waals surface area (Å²) in [5, 5.41) is 8.58. The molecule has 0 aromatic heterocycles. The summed E-state index contributed by atoms with van der Waals surface area (Å²) >= 11 is 0. The van der Waals surface area contributed by atoms with Crippen LogP contribution in [-0.4, -0.2) is 6.17 Å². The highest BCUT2D eigenvalue weighted by Gasteiger charge is 2.25. The van der Waals surface area contributed by atoms with Gasteiger partial charge < -0.3 is 0 Å². The number of alkyl halides is 1. The summed E-state index contributed by atoms with van der Waals surface area (Å²) in [7, 11) is 0. The van der Waals surface area contributed by atoms with E-state index in [0.717, 1.165) is 19.3 Å². The van der Waals surface area contributed by atoms with Crippen LogP contribution >= 0.6 is 0 Å². The number of rotatable bonds is 0. The van der Waals surface area contributed by atoms with Crippen molar-refractivity contribution < 1.29 is 4.39 Å². The molecule has 0 amide bonds. The van der Waals surface area contributed by atoms with E-state index in [9.17, 15) is 4.39 Å². The molecule has 2 heteroatoms. The van der Waals surface area contributed by atoms with E-state index in [2.05, 4.69) is 6.92 Å². The Kier molecular flexibility index (Phi) is 2.87. The van der Waals surface area contributed by atoms with Crippen molar-refractivity contribution in [2.45, 2.75) is 38.8 Å². The smallest absolute Gasteiger partial charge is 0.116 e. The SMILES string of the molecule is CC1CCCC(C#N)C(F)C1. The van der Waals surface area contributed by atoms with Crippen molar-refractivity contribution in [2.75, 3.05) is 0 Å². The first-order valence-corrected chi connectivity index (χ1v) is 4.27. The van der Waals surface area contributed by atoms with Crippen LogP contribution in [0.5, 0.6) is 0 Å². The molecule has 1 fully saturated rings. The minimum absolute atomic E-state index is 0.333. The summed E-state index contributed by atoms with van der Waals surface area (Å²) in [6, 6.07) is 2.04. The lowest BCUT2D eigenvalue weighted by atomic mass is 9.98. The summed E-state index contributed by atoms with van der Waals surface area (Å²) < 4.78 is 13.1. The van der Waals surface area contributed by atoms with E-state index in [-0.39, 0.29) is 5.92 Å². The summed E-state index contributed by atoms with van der Waals surface area (Å²) in [6.45, 7) is 2.06. The summed E-state index contributed by atoms with van der Waals surface area (Å²) in [5.41, 5.74) is 0. The molecule has 1 aliphatic carbocycles. The van der Waals surface area contributed by atoms with Crippen LogP contribution < -0.4 is 0 Å². The fraction of sp³-hybridized carbons (Fsp3) is 0.889. The van der Waals surface area contributed by atoms with Crippen LogP contribution in [0.1, 0.15) is 32.6 Å². The Morgan fingerprint density at radius 1 is 1.45 bits per heavy atom. The third-order valence-corrected chi connectivity index (χ3v) is 2.44. The highest BCUT2D eigenvalue weighted by molar-refractivity contribution is 4.90. The van der Waals surface area contributed by atoms with Crippen molar-refractivity contribution in [3.8, 4) is 6.07 Å². The monoisotopic (exact) mass is 155 g/mol. The van der Waals surface area contributed by atoms with Gasteiger partial charge in [-0.3, -0.25) is 0 Å². The van der Waals surface area contributed by atoms with Crippen molar-refractivity contribution in [1.29, 1.82) is 5.26 Å². The van der Waals surface area contributed by atoms with Gasteiger partial charge in [0, 0.05) is 0 Å². The van der Waals surface area contributed by atoms with Crippen molar-refractivity contribution in [3.05, 3.63) is 0 Å². The summed E-state index contributed by atoms with van der Waals surface area (Å²) in [6.07, 6.45) is 2.55. The summed E-state index contributed by atoms with van der Waals surface area (Å²) in [4.78, 5) is 0. The molecule has 0 saturated heterocycles. The lowest BCUT2D eigenvalue weighted by molar-refractivity contribution is 0.236. The zero-order chi connectivity index (χ0) is 8.27. The first kappa shape index (κ1) is 8.52. The second-order valence-electron chi connectivity index (χ2n) is 3.52. The Bertz CT molecular complexity index is 161. The van der Waals surface area contributed by atoms with Gasteiger partial charge in [0.2, 0.25) is 0 Å². The van der Waals surface area contributed by atoms with Crippen LogP contribution in [0.15, 0.2) is 0 Å². The van der Waals surface area contributed by atoms with E-state index < -0.39 is 6.17 Å². The van der Waals surface area contributed by atoms with Crippen LogP contribution in [0.25, 0.3) is 0 Å². The molecule has 0 N–H and O–H groups in total. The number of nitrogens with zero attached hydrogens (tertiary/aromatic N) is 1. The Labute approximate surface area is 67.2 Å². The van der Waals surface area contributed by atoms with E-state index in [1.54, 1.807) is 0 Å². The number of hydrogen-bond acceptors (Lipinski definition) is 1. The molecule has 0 aromatic rings. The van der Waals surface area contributed by atoms with Crippen molar-refractivity contribution in [1.82, 2.24) is 0 Å². The molecule has 0 bridgehead atoms. The lowest BCUT2D eigenvalue weighted by Crippen LogP contribution is -2.13. The molecule has 0 heterocycles. The lowest BCUT2D eigenvalue weighted by Gasteiger charge is -2.11. The second-order valence-corrected chi connectivity index (χ2v) is 3.52. The maximum atomic E-state index is 13.1. The maximum Gasteiger partial charge on any atom is 0.116 e. The molecule has 0 spiro atoms.